The standard InChI is InChI=1S/C20H20N4O2/c1-23-15-8-7-12(11-16(15)24(2)19(23)26)17-20(9-10-21-17)13-5-3-4-6-14(13)22-18(20)25/h3-8,11,17,21H,9-10H2,1-2H3,(H,22,25)/t17-,20+/m0/s1. The number of aromatic nitrogens is 2. The van der Waals surface area contributed by atoms with Gasteiger partial charge in [-0.25, -0.2) is 4.79 Å². The van der Waals surface area contributed by atoms with Crippen molar-refractivity contribution in [2.75, 3.05) is 11.9 Å². The monoisotopic (exact) mass is 348 g/mol. The number of imidazole rings is 1. The van der Waals surface area contributed by atoms with Crippen molar-refractivity contribution in [3.8, 4) is 0 Å². The van der Waals surface area contributed by atoms with Crippen LogP contribution in [0.15, 0.2) is 47.3 Å². The highest BCUT2D eigenvalue weighted by Crippen LogP contribution is 2.51. The molecule has 2 aliphatic rings. The molecule has 0 saturated carbocycles. The third-order valence-electron chi connectivity index (χ3n) is 6.05. The summed E-state index contributed by atoms with van der Waals surface area (Å²) in [6.07, 6.45) is 0.756. The number of para-hydroxylation sites is 1. The molecule has 6 heteroatoms. The number of carbonyl (C=O) groups is 1. The molecule has 1 spiro atoms. The van der Waals surface area contributed by atoms with Gasteiger partial charge < -0.3 is 10.6 Å². The summed E-state index contributed by atoms with van der Waals surface area (Å²) in [5.41, 5.74) is 4.12. The van der Waals surface area contributed by atoms with Crippen LogP contribution in [0.3, 0.4) is 0 Å². The van der Waals surface area contributed by atoms with Crippen molar-refractivity contribution in [3.05, 3.63) is 64.1 Å². The van der Waals surface area contributed by atoms with Gasteiger partial charge in [-0.2, -0.15) is 0 Å². The molecule has 3 heterocycles. The quantitative estimate of drug-likeness (QED) is 0.705. The molecule has 26 heavy (non-hydrogen) atoms. The SMILES string of the molecule is Cn1c(=O)n(C)c2cc([C@@H]3NCC[C@]34C(=O)Nc3ccccc34)ccc21. The number of amides is 1. The van der Waals surface area contributed by atoms with Gasteiger partial charge >= 0.3 is 5.69 Å². The smallest absolute Gasteiger partial charge is 0.325 e. The van der Waals surface area contributed by atoms with E-state index >= 15 is 0 Å². The molecule has 2 atom stereocenters. The lowest BCUT2D eigenvalue weighted by molar-refractivity contribution is -0.121. The largest absolute Gasteiger partial charge is 0.328 e. The molecule has 1 fully saturated rings. The van der Waals surface area contributed by atoms with Crippen LogP contribution in [0.5, 0.6) is 0 Å². The number of nitrogens with one attached hydrogen (secondary N) is 2. The Balaban J connectivity index is 1.71. The van der Waals surface area contributed by atoms with E-state index in [4.69, 9.17) is 0 Å². The van der Waals surface area contributed by atoms with Crippen LogP contribution >= 0.6 is 0 Å². The highest BCUT2D eigenvalue weighted by Gasteiger charge is 2.55. The molecule has 2 aromatic carbocycles. The second kappa shape index (κ2) is 5.08. The lowest BCUT2D eigenvalue weighted by atomic mass is 9.73. The van der Waals surface area contributed by atoms with Crippen molar-refractivity contribution in [2.45, 2.75) is 17.9 Å². The van der Waals surface area contributed by atoms with Gasteiger partial charge in [0, 0.05) is 19.8 Å². The summed E-state index contributed by atoms with van der Waals surface area (Å²) in [4.78, 5) is 25.2. The normalized spacial score (nSPS) is 24.4. The Morgan fingerprint density at radius 2 is 1.81 bits per heavy atom. The first kappa shape index (κ1) is 15.4. The maximum atomic E-state index is 13.0. The minimum absolute atomic E-state index is 0.0461. The van der Waals surface area contributed by atoms with E-state index in [2.05, 4.69) is 10.6 Å². The lowest BCUT2D eigenvalue weighted by Crippen LogP contribution is -2.39. The van der Waals surface area contributed by atoms with Gasteiger partial charge in [0.15, 0.2) is 0 Å². The molecule has 6 nitrogen and oxygen atoms in total. The van der Waals surface area contributed by atoms with E-state index in [9.17, 15) is 9.59 Å². The average molecular weight is 348 g/mol. The van der Waals surface area contributed by atoms with Gasteiger partial charge in [0.1, 0.15) is 0 Å². The second-order valence-corrected chi connectivity index (χ2v) is 7.26. The van der Waals surface area contributed by atoms with Crippen molar-refractivity contribution < 1.29 is 4.79 Å². The van der Waals surface area contributed by atoms with Crippen LogP contribution in [0.2, 0.25) is 0 Å². The minimum atomic E-state index is -0.599. The van der Waals surface area contributed by atoms with Gasteiger partial charge in [0.2, 0.25) is 5.91 Å². The number of aryl methyl sites for hydroxylation is 2. The Labute approximate surface area is 150 Å². The highest BCUT2D eigenvalue weighted by atomic mass is 16.2. The van der Waals surface area contributed by atoms with E-state index in [1.807, 2.05) is 42.5 Å². The Kier molecular flexibility index (Phi) is 3.01. The van der Waals surface area contributed by atoms with Crippen LogP contribution in [0.25, 0.3) is 11.0 Å². The summed E-state index contributed by atoms with van der Waals surface area (Å²) >= 11 is 0. The third-order valence-corrected chi connectivity index (χ3v) is 6.05. The average Bonchev–Trinajstić information content (AvgIpc) is 3.28. The maximum Gasteiger partial charge on any atom is 0.328 e. The molecule has 0 aliphatic carbocycles. The van der Waals surface area contributed by atoms with Crippen LogP contribution < -0.4 is 16.3 Å². The molecular formula is C20H20N4O2. The van der Waals surface area contributed by atoms with Gasteiger partial charge in [0.05, 0.1) is 22.5 Å². The van der Waals surface area contributed by atoms with E-state index in [0.717, 1.165) is 40.8 Å². The van der Waals surface area contributed by atoms with Crippen LogP contribution in [-0.2, 0) is 24.3 Å². The summed E-state index contributed by atoms with van der Waals surface area (Å²) in [5.74, 6) is 0.0516. The van der Waals surface area contributed by atoms with E-state index < -0.39 is 5.41 Å². The molecule has 1 amide bonds. The van der Waals surface area contributed by atoms with Crippen molar-refractivity contribution in [1.29, 1.82) is 0 Å². The zero-order valence-corrected chi connectivity index (χ0v) is 14.7. The van der Waals surface area contributed by atoms with Crippen molar-refractivity contribution >= 4 is 22.6 Å². The number of benzene rings is 2. The summed E-state index contributed by atoms with van der Waals surface area (Å²) in [5, 5.41) is 6.58. The fourth-order valence-electron chi connectivity index (χ4n) is 4.71. The van der Waals surface area contributed by atoms with E-state index in [1.165, 1.54) is 0 Å². The number of hydrogen-bond acceptors (Lipinski definition) is 3. The molecule has 0 radical (unpaired) electrons. The van der Waals surface area contributed by atoms with Gasteiger partial charge in [-0.15, -0.1) is 0 Å². The molecule has 2 aliphatic heterocycles. The molecule has 0 bridgehead atoms. The summed E-state index contributed by atoms with van der Waals surface area (Å²) in [6.45, 7) is 0.776. The Hall–Kier alpha value is -2.86. The summed E-state index contributed by atoms with van der Waals surface area (Å²) in [7, 11) is 3.56. The molecule has 1 saturated heterocycles. The van der Waals surface area contributed by atoms with Crippen LogP contribution in [0.4, 0.5) is 5.69 Å². The summed E-state index contributed by atoms with van der Waals surface area (Å²) in [6, 6.07) is 13.9. The number of fused-ring (bicyclic) bond motifs is 3. The molecular weight excluding hydrogens is 328 g/mol. The minimum Gasteiger partial charge on any atom is -0.325 e. The van der Waals surface area contributed by atoms with Crippen molar-refractivity contribution in [1.82, 2.24) is 14.5 Å². The zero-order chi connectivity index (χ0) is 18.1. The molecule has 3 aromatic rings. The zero-order valence-electron chi connectivity index (χ0n) is 14.7. The van der Waals surface area contributed by atoms with Gasteiger partial charge in [-0.3, -0.25) is 13.9 Å². The summed E-state index contributed by atoms with van der Waals surface area (Å²) < 4.78 is 3.30. The molecule has 2 N–H and O–H groups in total. The first-order valence-electron chi connectivity index (χ1n) is 8.84. The van der Waals surface area contributed by atoms with E-state index in [0.29, 0.717) is 0 Å². The fraction of sp³-hybridized carbons (Fsp3) is 0.300. The first-order valence-corrected chi connectivity index (χ1v) is 8.84. The topological polar surface area (TPSA) is 68.1 Å². The van der Waals surface area contributed by atoms with Gasteiger partial charge in [0.25, 0.3) is 0 Å². The first-order chi connectivity index (χ1) is 12.5. The van der Waals surface area contributed by atoms with Crippen molar-refractivity contribution in [3.63, 3.8) is 0 Å². The number of nitrogens with zero attached hydrogens (tertiary/aromatic N) is 2. The second-order valence-electron chi connectivity index (χ2n) is 7.26. The number of anilines is 1. The van der Waals surface area contributed by atoms with E-state index in [-0.39, 0.29) is 17.6 Å². The molecule has 5 rings (SSSR count). The Morgan fingerprint density at radius 3 is 2.65 bits per heavy atom. The van der Waals surface area contributed by atoms with Crippen LogP contribution in [0, 0.1) is 0 Å². The molecule has 132 valence electrons. The van der Waals surface area contributed by atoms with Gasteiger partial charge in [-0.1, -0.05) is 24.3 Å². The Morgan fingerprint density at radius 1 is 1.04 bits per heavy atom. The van der Waals surface area contributed by atoms with Gasteiger partial charge in [-0.05, 0) is 42.3 Å². The maximum absolute atomic E-state index is 13.0. The third kappa shape index (κ3) is 1.74. The van der Waals surface area contributed by atoms with Crippen molar-refractivity contribution in [2.24, 2.45) is 14.1 Å². The predicted molar refractivity (Wildman–Crippen MR) is 100 cm³/mol. The lowest BCUT2D eigenvalue weighted by Gasteiger charge is -2.29. The predicted octanol–water partition coefficient (Wildman–Crippen LogP) is 1.80. The number of carbonyl (C=O) groups excluding carboxylic acids is 1. The highest BCUT2D eigenvalue weighted by molar-refractivity contribution is 6.07. The fourth-order valence-corrected chi connectivity index (χ4v) is 4.71. The molecule has 1 aromatic heterocycles. The number of rotatable bonds is 1. The van der Waals surface area contributed by atoms with E-state index in [1.54, 1.807) is 23.2 Å². The number of hydrogen-bond donors (Lipinski definition) is 2. The van der Waals surface area contributed by atoms with Crippen LogP contribution in [-0.4, -0.2) is 21.6 Å². The molecule has 0 unspecified atom stereocenters. The van der Waals surface area contributed by atoms with Crippen LogP contribution in [0.1, 0.15) is 23.6 Å². The Bertz CT molecular complexity index is 1130.